The fraction of sp³-hybridized carbons (Fsp3) is 0.500. The van der Waals surface area contributed by atoms with Crippen LogP contribution in [0.5, 0.6) is 0 Å². The molecule has 1 unspecified atom stereocenters. The van der Waals surface area contributed by atoms with E-state index in [2.05, 4.69) is 15.5 Å². The Morgan fingerprint density at radius 2 is 2.19 bits per heavy atom. The molecule has 2 heterocycles. The average molecular weight is 245 g/mol. The second-order valence-electron chi connectivity index (χ2n) is 3.75. The summed E-state index contributed by atoms with van der Waals surface area (Å²) in [6.07, 6.45) is 0.419. The summed E-state index contributed by atoms with van der Waals surface area (Å²) >= 11 is 0. The number of nitrogens with one attached hydrogen (secondary N) is 3. The van der Waals surface area contributed by atoms with Crippen LogP contribution in [0.4, 0.5) is 0 Å². The number of carbonyl (C=O) groups excluding carboxylic acids is 1. The predicted octanol–water partition coefficient (Wildman–Crippen LogP) is -1.38. The molecule has 1 aromatic heterocycles. The zero-order valence-corrected chi connectivity index (χ0v) is 9.13. The Bertz CT molecular complexity index is 556. The van der Waals surface area contributed by atoms with Crippen LogP contribution >= 0.6 is 0 Å². The first-order valence-electron chi connectivity index (χ1n) is 4.75. The fourth-order valence-electron chi connectivity index (χ4n) is 1.63. The molecule has 0 aromatic carbocycles. The van der Waals surface area contributed by atoms with Crippen LogP contribution in [0.15, 0.2) is 10.9 Å². The molecule has 0 aliphatic carbocycles. The summed E-state index contributed by atoms with van der Waals surface area (Å²) in [5.74, 6) is -0.407. The molecule has 88 valence electrons. The first-order chi connectivity index (χ1) is 7.46. The quantitative estimate of drug-likeness (QED) is 0.596. The molecule has 1 aliphatic rings. The fourth-order valence-corrected chi connectivity index (χ4v) is 3.30. The number of aromatic amines is 2. The third-order valence-electron chi connectivity index (χ3n) is 2.41. The van der Waals surface area contributed by atoms with Crippen LogP contribution in [-0.4, -0.2) is 42.1 Å². The highest BCUT2D eigenvalue weighted by molar-refractivity contribution is 7.91. The molecule has 1 aliphatic heterocycles. The lowest BCUT2D eigenvalue weighted by atomic mass is 10.2. The molecular formula is C8H11N3O4S. The summed E-state index contributed by atoms with van der Waals surface area (Å²) in [6, 6.07) is 0.759. The van der Waals surface area contributed by atoms with Gasteiger partial charge < -0.3 is 5.32 Å². The number of hydrogen-bond donors (Lipinski definition) is 3. The molecule has 1 amide bonds. The van der Waals surface area contributed by atoms with Gasteiger partial charge in [-0.1, -0.05) is 0 Å². The van der Waals surface area contributed by atoms with Crippen LogP contribution < -0.4 is 10.9 Å². The van der Waals surface area contributed by atoms with Gasteiger partial charge in [-0.05, 0) is 6.42 Å². The Kier molecular flexibility index (Phi) is 2.58. The maximum Gasteiger partial charge on any atom is 0.269 e. The van der Waals surface area contributed by atoms with E-state index in [1.165, 1.54) is 0 Å². The lowest BCUT2D eigenvalue weighted by molar-refractivity contribution is 0.0936. The van der Waals surface area contributed by atoms with Gasteiger partial charge in [-0.15, -0.1) is 0 Å². The Balaban J connectivity index is 2.01. The average Bonchev–Trinajstić information content (AvgIpc) is 2.73. The van der Waals surface area contributed by atoms with Gasteiger partial charge in [-0.25, -0.2) is 8.42 Å². The van der Waals surface area contributed by atoms with E-state index in [0.29, 0.717) is 6.42 Å². The topological polar surface area (TPSA) is 112 Å². The van der Waals surface area contributed by atoms with E-state index in [-0.39, 0.29) is 23.2 Å². The Labute approximate surface area is 91.1 Å². The number of aromatic nitrogens is 2. The van der Waals surface area contributed by atoms with Crippen molar-refractivity contribution in [2.45, 2.75) is 12.5 Å². The van der Waals surface area contributed by atoms with Crippen LogP contribution in [-0.2, 0) is 9.84 Å². The molecule has 2 rings (SSSR count). The summed E-state index contributed by atoms with van der Waals surface area (Å²) in [4.78, 5) is 22.3. The number of H-pyrrole nitrogens is 2. The van der Waals surface area contributed by atoms with E-state index in [9.17, 15) is 18.0 Å². The van der Waals surface area contributed by atoms with Gasteiger partial charge in [0, 0.05) is 12.1 Å². The number of rotatable bonds is 2. The maximum absolute atomic E-state index is 11.5. The Hall–Kier alpha value is -1.57. The van der Waals surface area contributed by atoms with Gasteiger partial charge in [0.15, 0.2) is 9.84 Å². The van der Waals surface area contributed by atoms with Gasteiger partial charge in [-0.2, -0.15) is 0 Å². The van der Waals surface area contributed by atoms with Crippen LogP contribution in [0.3, 0.4) is 0 Å². The van der Waals surface area contributed by atoms with E-state index >= 15 is 0 Å². The highest BCUT2D eigenvalue weighted by atomic mass is 32.2. The molecule has 1 saturated heterocycles. The lowest BCUT2D eigenvalue weighted by Crippen LogP contribution is -2.35. The van der Waals surface area contributed by atoms with Crippen molar-refractivity contribution in [3.8, 4) is 0 Å². The van der Waals surface area contributed by atoms with Crippen molar-refractivity contribution < 1.29 is 13.2 Å². The first kappa shape index (κ1) is 10.9. The SMILES string of the molecule is O=C(NC1CCS(=O)(=O)C1)c1cc(=O)[nH][nH]1. The molecule has 7 nitrogen and oxygen atoms in total. The standard InChI is InChI=1S/C8H11N3O4S/c12-7-3-6(10-11-7)8(13)9-5-1-2-16(14,15)4-5/h3,5H,1-2,4H2,(H,9,13)(H2,10,11,12). The van der Waals surface area contributed by atoms with Crippen molar-refractivity contribution >= 4 is 15.7 Å². The zero-order chi connectivity index (χ0) is 11.8. The van der Waals surface area contributed by atoms with Crippen molar-refractivity contribution in [1.29, 1.82) is 0 Å². The Morgan fingerprint density at radius 1 is 1.44 bits per heavy atom. The maximum atomic E-state index is 11.5. The molecule has 3 N–H and O–H groups in total. The largest absolute Gasteiger partial charge is 0.347 e. The zero-order valence-electron chi connectivity index (χ0n) is 8.32. The van der Waals surface area contributed by atoms with E-state index in [1.807, 2.05) is 0 Å². The van der Waals surface area contributed by atoms with E-state index in [1.54, 1.807) is 0 Å². The smallest absolute Gasteiger partial charge is 0.269 e. The molecule has 1 atom stereocenters. The normalized spacial score (nSPS) is 23.1. The minimum Gasteiger partial charge on any atom is -0.347 e. The van der Waals surface area contributed by atoms with Crippen LogP contribution in [0, 0.1) is 0 Å². The van der Waals surface area contributed by atoms with Gasteiger partial charge >= 0.3 is 0 Å². The van der Waals surface area contributed by atoms with Crippen molar-refractivity contribution in [1.82, 2.24) is 15.5 Å². The molecule has 0 bridgehead atoms. The van der Waals surface area contributed by atoms with Gasteiger partial charge in [0.2, 0.25) is 0 Å². The second-order valence-corrected chi connectivity index (χ2v) is 5.97. The molecule has 1 fully saturated rings. The summed E-state index contributed by atoms with van der Waals surface area (Å²) < 4.78 is 22.3. The van der Waals surface area contributed by atoms with E-state index in [0.717, 1.165) is 6.07 Å². The number of amides is 1. The number of carbonyl (C=O) groups is 1. The monoisotopic (exact) mass is 245 g/mol. The summed E-state index contributed by atoms with van der Waals surface area (Å²) in [5.41, 5.74) is -0.293. The minimum absolute atomic E-state index is 0.0343. The van der Waals surface area contributed by atoms with Crippen LogP contribution in [0.25, 0.3) is 0 Å². The number of sulfone groups is 1. The lowest BCUT2D eigenvalue weighted by Gasteiger charge is -2.08. The van der Waals surface area contributed by atoms with E-state index in [4.69, 9.17) is 0 Å². The highest BCUT2D eigenvalue weighted by Crippen LogP contribution is 2.11. The molecule has 16 heavy (non-hydrogen) atoms. The molecule has 0 saturated carbocycles. The van der Waals surface area contributed by atoms with Gasteiger partial charge in [-0.3, -0.25) is 19.8 Å². The predicted molar refractivity (Wildman–Crippen MR) is 55.9 cm³/mol. The molecule has 0 radical (unpaired) electrons. The third kappa shape index (κ3) is 2.32. The van der Waals surface area contributed by atoms with Crippen molar-refractivity contribution in [2.75, 3.05) is 11.5 Å². The molecule has 8 heteroatoms. The van der Waals surface area contributed by atoms with Gasteiger partial charge in [0.05, 0.1) is 11.5 Å². The first-order valence-corrected chi connectivity index (χ1v) is 6.57. The highest BCUT2D eigenvalue weighted by Gasteiger charge is 2.29. The van der Waals surface area contributed by atoms with Gasteiger partial charge in [0.1, 0.15) is 5.69 Å². The van der Waals surface area contributed by atoms with E-state index < -0.39 is 21.3 Å². The Morgan fingerprint density at radius 3 is 2.69 bits per heavy atom. The summed E-state index contributed by atoms with van der Waals surface area (Å²) in [6.45, 7) is 0. The second kappa shape index (κ2) is 3.78. The molecule has 1 aromatic rings. The van der Waals surface area contributed by atoms with Crippen molar-refractivity contribution in [3.63, 3.8) is 0 Å². The molecular weight excluding hydrogens is 234 g/mol. The van der Waals surface area contributed by atoms with Crippen molar-refractivity contribution in [2.24, 2.45) is 0 Å². The van der Waals surface area contributed by atoms with Crippen LogP contribution in [0.2, 0.25) is 0 Å². The summed E-state index contributed by atoms with van der Waals surface area (Å²) in [5, 5.41) is 7.19. The van der Waals surface area contributed by atoms with Gasteiger partial charge in [0.25, 0.3) is 11.5 Å². The summed E-state index contributed by atoms with van der Waals surface area (Å²) in [7, 11) is -3.01. The van der Waals surface area contributed by atoms with Crippen LogP contribution in [0.1, 0.15) is 16.9 Å². The van der Waals surface area contributed by atoms with Crippen molar-refractivity contribution in [3.05, 3.63) is 22.1 Å². The minimum atomic E-state index is -3.01. The molecule has 0 spiro atoms. The number of hydrogen-bond acceptors (Lipinski definition) is 4. The third-order valence-corrected chi connectivity index (χ3v) is 4.18.